The number of nitrogens with zero attached hydrogens (tertiary/aromatic N) is 3. The standard InChI is InChI=1S/C15H18N4O4/c1-3-23-13-6-4-5-12(19(21)22)14(13)15(20)16-7-8-18-10-11(2)9-17-18/h4-6,9-10H,3,7-8H2,1-2H3,(H,16,20). The number of aryl methyl sites for hydroxylation is 1. The molecule has 0 fully saturated rings. The van der Waals surface area contributed by atoms with E-state index in [9.17, 15) is 14.9 Å². The van der Waals surface area contributed by atoms with Gasteiger partial charge in [-0.25, -0.2) is 0 Å². The number of amides is 1. The van der Waals surface area contributed by atoms with Crippen molar-refractivity contribution in [1.29, 1.82) is 0 Å². The van der Waals surface area contributed by atoms with E-state index in [-0.39, 0.29) is 17.0 Å². The molecule has 2 aromatic rings. The summed E-state index contributed by atoms with van der Waals surface area (Å²) in [6.45, 7) is 4.76. The van der Waals surface area contributed by atoms with Gasteiger partial charge < -0.3 is 10.1 Å². The summed E-state index contributed by atoms with van der Waals surface area (Å²) in [4.78, 5) is 22.9. The van der Waals surface area contributed by atoms with Crippen molar-refractivity contribution < 1.29 is 14.5 Å². The molecule has 0 atom stereocenters. The van der Waals surface area contributed by atoms with E-state index in [1.165, 1.54) is 12.1 Å². The number of carbonyl (C=O) groups is 1. The van der Waals surface area contributed by atoms with Crippen LogP contribution in [-0.2, 0) is 6.54 Å². The molecule has 1 aromatic heterocycles. The van der Waals surface area contributed by atoms with Gasteiger partial charge in [0.05, 0.1) is 24.3 Å². The average Bonchev–Trinajstić information content (AvgIpc) is 2.92. The van der Waals surface area contributed by atoms with Crippen LogP contribution in [-0.4, -0.2) is 33.8 Å². The molecule has 122 valence electrons. The summed E-state index contributed by atoms with van der Waals surface area (Å²) in [5.74, 6) is -0.334. The number of hydrogen-bond acceptors (Lipinski definition) is 5. The topological polar surface area (TPSA) is 99.3 Å². The van der Waals surface area contributed by atoms with E-state index in [4.69, 9.17) is 4.74 Å². The maximum atomic E-state index is 12.3. The molecule has 1 heterocycles. The fourth-order valence-corrected chi connectivity index (χ4v) is 2.14. The molecular formula is C15H18N4O4. The summed E-state index contributed by atoms with van der Waals surface area (Å²) in [5, 5.41) is 17.9. The highest BCUT2D eigenvalue weighted by molar-refractivity contribution is 6.00. The third-order valence-corrected chi connectivity index (χ3v) is 3.12. The third kappa shape index (κ3) is 4.06. The molecular weight excluding hydrogens is 300 g/mol. The Balaban J connectivity index is 2.12. The van der Waals surface area contributed by atoms with E-state index in [0.29, 0.717) is 19.7 Å². The van der Waals surface area contributed by atoms with Crippen LogP contribution in [0.25, 0.3) is 0 Å². The first kappa shape index (κ1) is 16.5. The Morgan fingerprint density at radius 2 is 2.26 bits per heavy atom. The van der Waals surface area contributed by atoms with Gasteiger partial charge in [0.25, 0.3) is 11.6 Å². The van der Waals surface area contributed by atoms with Gasteiger partial charge in [0.2, 0.25) is 0 Å². The Labute approximate surface area is 133 Å². The normalized spacial score (nSPS) is 10.3. The smallest absolute Gasteiger partial charge is 0.285 e. The zero-order chi connectivity index (χ0) is 16.8. The highest BCUT2D eigenvalue weighted by atomic mass is 16.6. The predicted molar refractivity (Wildman–Crippen MR) is 83.6 cm³/mol. The highest BCUT2D eigenvalue weighted by Crippen LogP contribution is 2.28. The second-order valence-corrected chi connectivity index (χ2v) is 4.88. The second kappa shape index (κ2) is 7.39. The molecule has 0 aliphatic rings. The molecule has 0 aliphatic heterocycles. The van der Waals surface area contributed by atoms with Gasteiger partial charge in [0.1, 0.15) is 5.75 Å². The van der Waals surface area contributed by atoms with Crippen LogP contribution in [0.5, 0.6) is 5.75 Å². The molecule has 8 nitrogen and oxygen atoms in total. The minimum Gasteiger partial charge on any atom is -0.493 e. The zero-order valence-electron chi connectivity index (χ0n) is 13.0. The fraction of sp³-hybridized carbons (Fsp3) is 0.333. The molecule has 0 bridgehead atoms. The Morgan fingerprint density at radius 1 is 1.48 bits per heavy atom. The van der Waals surface area contributed by atoms with E-state index in [1.807, 2.05) is 13.1 Å². The molecule has 0 aliphatic carbocycles. The molecule has 0 radical (unpaired) electrons. The Kier molecular flexibility index (Phi) is 5.29. The van der Waals surface area contributed by atoms with Gasteiger partial charge >= 0.3 is 0 Å². The number of nitro benzene ring substituents is 1. The first-order valence-electron chi connectivity index (χ1n) is 7.20. The third-order valence-electron chi connectivity index (χ3n) is 3.12. The summed E-state index contributed by atoms with van der Waals surface area (Å²) in [5.41, 5.74) is 0.688. The van der Waals surface area contributed by atoms with Gasteiger partial charge in [-0.1, -0.05) is 6.07 Å². The molecule has 0 saturated heterocycles. The first-order valence-corrected chi connectivity index (χ1v) is 7.20. The lowest BCUT2D eigenvalue weighted by molar-refractivity contribution is -0.385. The second-order valence-electron chi connectivity index (χ2n) is 4.88. The molecule has 23 heavy (non-hydrogen) atoms. The summed E-state index contributed by atoms with van der Waals surface area (Å²) in [7, 11) is 0. The maximum Gasteiger partial charge on any atom is 0.285 e. The first-order chi connectivity index (χ1) is 11.0. The van der Waals surface area contributed by atoms with E-state index in [0.717, 1.165) is 5.56 Å². The van der Waals surface area contributed by atoms with E-state index < -0.39 is 10.8 Å². The zero-order valence-corrected chi connectivity index (χ0v) is 13.0. The van der Waals surface area contributed by atoms with Crippen molar-refractivity contribution in [3.8, 4) is 5.75 Å². The maximum absolute atomic E-state index is 12.3. The van der Waals surface area contributed by atoms with Crippen LogP contribution < -0.4 is 10.1 Å². The molecule has 0 unspecified atom stereocenters. The summed E-state index contributed by atoms with van der Waals surface area (Å²) in [6.07, 6.45) is 3.57. The van der Waals surface area contributed by atoms with Crippen molar-refractivity contribution in [3.05, 3.63) is 51.8 Å². The van der Waals surface area contributed by atoms with Crippen molar-refractivity contribution in [3.63, 3.8) is 0 Å². The summed E-state index contributed by atoms with van der Waals surface area (Å²) in [6, 6.07) is 4.32. The molecule has 1 N–H and O–H groups in total. The van der Waals surface area contributed by atoms with Gasteiger partial charge in [-0.3, -0.25) is 19.6 Å². The van der Waals surface area contributed by atoms with Gasteiger partial charge in [-0.2, -0.15) is 5.10 Å². The van der Waals surface area contributed by atoms with Gasteiger partial charge in [-0.05, 0) is 25.5 Å². The summed E-state index contributed by atoms with van der Waals surface area (Å²) < 4.78 is 7.03. The van der Waals surface area contributed by atoms with E-state index in [1.54, 1.807) is 23.9 Å². The molecule has 0 saturated carbocycles. The summed E-state index contributed by atoms with van der Waals surface area (Å²) >= 11 is 0. The lowest BCUT2D eigenvalue weighted by atomic mass is 10.1. The van der Waals surface area contributed by atoms with Crippen LogP contribution >= 0.6 is 0 Å². The minimum atomic E-state index is -0.589. The van der Waals surface area contributed by atoms with Gasteiger partial charge in [0, 0.05) is 18.8 Å². The lowest BCUT2D eigenvalue weighted by Gasteiger charge is -2.11. The highest BCUT2D eigenvalue weighted by Gasteiger charge is 2.24. The Morgan fingerprint density at radius 3 is 2.87 bits per heavy atom. The number of nitro groups is 1. The number of nitrogens with one attached hydrogen (secondary N) is 1. The number of benzene rings is 1. The van der Waals surface area contributed by atoms with Crippen LogP contribution in [0.3, 0.4) is 0 Å². The molecule has 8 heteroatoms. The molecule has 1 amide bonds. The van der Waals surface area contributed by atoms with Crippen LogP contribution in [0, 0.1) is 17.0 Å². The quantitative estimate of drug-likeness (QED) is 0.621. The number of aromatic nitrogens is 2. The Hall–Kier alpha value is -2.90. The largest absolute Gasteiger partial charge is 0.493 e. The average molecular weight is 318 g/mol. The van der Waals surface area contributed by atoms with Crippen LogP contribution in [0.4, 0.5) is 5.69 Å². The number of carbonyl (C=O) groups excluding carboxylic acids is 1. The molecule has 0 spiro atoms. The number of hydrogen-bond donors (Lipinski definition) is 1. The SMILES string of the molecule is CCOc1cccc([N+](=O)[O-])c1C(=O)NCCn1cc(C)cn1. The van der Waals surface area contributed by atoms with Crippen molar-refractivity contribution >= 4 is 11.6 Å². The predicted octanol–water partition coefficient (Wildman–Crippen LogP) is 1.93. The monoisotopic (exact) mass is 318 g/mol. The van der Waals surface area contributed by atoms with Crippen LogP contribution in [0.1, 0.15) is 22.8 Å². The van der Waals surface area contributed by atoms with Crippen LogP contribution in [0.2, 0.25) is 0 Å². The minimum absolute atomic E-state index is 0.0593. The van der Waals surface area contributed by atoms with Crippen molar-refractivity contribution in [2.24, 2.45) is 0 Å². The molecule has 1 aromatic carbocycles. The number of rotatable bonds is 7. The van der Waals surface area contributed by atoms with Crippen molar-refractivity contribution in [1.82, 2.24) is 15.1 Å². The van der Waals surface area contributed by atoms with E-state index in [2.05, 4.69) is 10.4 Å². The number of ether oxygens (including phenoxy) is 1. The van der Waals surface area contributed by atoms with Crippen LogP contribution in [0.15, 0.2) is 30.6 Å². The van der Waals surface area contributed by atoms with E-state index >= 15 is 0 Å². The Bertz CT molecular complexity index is 711. The van der Waals surface area contributed by atoms with Crippen molar-refractivity contribution in [2.75, 3.05) is 13.2 Å². The van der Waals surface area contributed by atoms with Gasteiger partial charge in [0.15, 0.2) is 5.56 Å². The fourth-order valence-electron chi connectivity index (χ4n) is 2.14. The van der Waals surface area contributed by atoms with Crippen molar-refractivity contribution in [2.45, 2.75) is 20.4 Å². The molecule has 2 rings (SSSR count). The van der Waals surface area contributed by atoms with Gasteiger partial charge in [-0.15, -0.1) is 0 Å². The lowest BCUT2D eigenvalue weighted by Crippen LogP contribution is -2.28.